The van der Waals surface area contributed by atoms with Crippen LogP contribution in [0.4, 0.5) is 0 Å². The molecule has 0 aliphatic heterocycles. The van der Waals surface area contributed by atoms with Gasteiger partial charge in [0.15, 0.2) is 0 Å². The first kappa shape index (κ1) is 124. The fourth-order valence-electron chi connectivity index (χ4n) is 12.7. The first-order chi connectivity index (χ1) is 69.4. The quantitative estimate of drug-likeness (QED) is 0.0212. The largest absolute Gasteiger partial charge is 0.394 e. The lowest BCUT2D eigenvalue weighted by atomic mass is 9.80. The Morgan fingerprint density at radius 1 is 0.157 bits per heavy atom. The van der Waals surface area contributed by atoms with Gasteiger partial charge in [0.25, 0.3) is 10.1 Å². The fraction of sp³-hybridized carbons (Fsp3) is 0.650. The van der Waals surface area contributed by atoms with E-state index < -0.39 is 21.3 Å². The van der Waals surface area contributed by atoms with Gasteiger partial charge in [-0.1, -0.05) is 182 Å². The molecule has 796 valence electrons. The van der Waals surface area contributed by atoms with E-state index in [1.165, 1.54) is 0 Å². The van der Waals surface area contributed by atoms with Crippen LogP contribution in [0.1, 0.15) is 33.4 Å². The minimum atomic E-state index is -3.43. The summed E-state index contributed by atoms with van der Waals surface area (Å²) in [7, 11) is -3.43. The Labute approximate surface area is 831 Å². The average molecular weight is 2010 g/mol. The molecule has 0 radical (unpaired) electrons. The molecule has 0 amide bonds. The zero-order valence-electron chi connectivity index (χ0n) is 82.7. The van der Waals surface area contributed by atoms with Gasteiger partial charge in [0.1, 0.15) is 11.2 Å². The van der Waals surface area contributed by atoms with E-state index in [2.05, 4.69) is 77.0 Å². The van der Waals surface area contributed by atoms with Crippen LogP contribution >= 0.6 is 0 Å². The zero-order valence-corrected chi connectivity index (χ0v) is 83.5. The molecule has 0 saturated heterocycles. The van der Waals surface area contributed by atoms with Crippen molar-refractivity contribution in [3.05, 3.63) is 215 Å². The average Bonchev–Trinajstić information content (AvgIpc) is 0.763. The monoisotopic (exact) mass is 2010 g/mol. The van der Waals surface area contributed by atoms with Gasteiger partial charge in [0, 0.05) is 0 Å². The van der Waals surface area contributed by atoms with Crippen LogP contribution in [0, 0.1) is 0 Å². The lowest BCUT2D eigenvalue weighted by Crippen LogP contribution is -2.34. The Bertz CT molecular complexity index is 3460. The predicted octanol–water partition coefficient (Wildman–Crippen LogP) is 8.46. The molecule has 6 aromatic rings. The van der Waals surface area contributed by atoms with Crippen molar-refractivity contribution < 1.29 is 169 Å². The molecule has 0 saturated carbocycles. The van der Waals surface area contributed by atoms with Gasteiger partial charge in [-0.25, -0.2) is 0 Å². The Balaban J connectivity index is 0.000000495. The lowest BCUT2D eigenvalue weighted by Gasteiger charge is -2.36. The summed E-state index contributed by atoms with van der Waals surface area (Å²) in [4.78, 5) is 0. The first-order valence-corrected chi connectivity index (χ1v) is 50.6. The van der Waals surface area contributed by atoms with Gasteiger partial charge in [-0.2, -0.15) is 8.42 Å². The van der Waals surface area contributed by atoms with E-state index in [1.54, 1.807) is 0 Å². The van der Waals surface area contributed by atoms with Crippen LogP contribution in [0.2, 0.25) is 0 Å². The maximum atomic E-state index is 10.8. The summed E-state index contributed by atoms with van der Waals surface area (Å²) in [6.07, 6.45) is 0.995. The van der Waals surface area contributed by atoms with Crippen molar-refractivity contribution in [1.29, 1.82) is 0 Å². The molecule has 37 heteroatoms. The highest BCUT2D eigenvalue weighted by Gasteiger charge is 2.39. The van der Waals surface area contributed by atoms with Gasteiger partial charge in [0.05, 0.1) is 429 Å². The molecular formula is C103H162O36S. The molecule has 6 rings (SSSR count). The maximum absolute atomic E-state index is 10.8. The number of aliphatic hydroxyl groups is 1. The van der Waals surface area contributed by atoms with Crippen molar-refractivity contribution in [2.45, 2.75) is 11.2 Å². The third kappa shape index (κ3) is 68.3. The highest BCUT2D eigenvalue weighted by molar-refractivity contribution is 7.86. The van der Waals surface area contributed by atoms with Crippen LogP contribution < -0.4 is 0 Å². The van der Waals surface area contributed by atoms with Crippen molar-refractivity contribution in [2.24, 2.45) is 0 Å². The van der Waals surface area contributed by atoms with Crippen molar-refractivity contribution in [3.8, 4) is 0 Å². The molecule has 0 bridgehead atoms. The Morgan fingerprint density at radius 3 is 0.364 bits per heavy atom. The second-order valence-electron chi connectivity index (χ2n) is 29.9. The molecule has 0 unspecified atom stereocenters. The molecule has 0 aliphatic rings. The number of rotatable bonds is 104. The van der Waals surface area contributed by atoms with Crippen LogP contribution in [-0.4, -0.2) is 443 Å². The number of aliphatic hydroxyl groups excluding tert-OH is 1. The van der Waals surface area contributed by atoms with Gasteiger partial charge in [0.2, 0.25) is 0 Å². The van der Waals surface area contributed by atoms with E-state index >= 15 is 0 Å². The van der Waals surface area contributed by atoms with Crippen LogP contribution in [0.5, 0.6) is 0 Å². The van der Waals surface area contributed by atoms with Gasteiger partial charge in [-0.15, -0.1) is 0 Å². The van der Waals surface area contributed by atoms with Gasteiger partial charge < -0.3 is 157 Å². The normalized spacial score (nSPS) is 11.9. The zero-order chi connectivity index (χ0) is 98.8. The highest BCUT2D eigenvalue weighted by atomic mass is 32.2. The maximum Gasteiger partial charge on any atom is 0.264 e. The number of hydrogen-bond donors (Lipinski definition) is 1. The Morgan fingerprint density at radius 2 is 0.257 bits per heavy atom. The lowest BCUT2D eigenvalue weighted by molar-refractivity contribution is -0.0400. The van der Waals surface area contributed by atoms with Crippen molar-refractivity contribution >= 4 is 10.1 Å². The second-order valence-corrected chi connectivity index (χ2v) is 31.5. The molecule has 0 spiro atoms. The Hall–Kier alpha value is -6.09. The van der Waals surface area contributed by atoms with E-state index in [0.29, 0.717) is 403 Å². The smallest absolute Gasteiger partial charge is 0.264 e. The Kier molecular flexibility index (Phi) is 83.4. The van der Waals surface area contributed by atoms with Crippen molar-refractivity contribution in [3.63, 3.8) is 0 Å². The molecule has 36 nitrogen and oxygen atoms in total. The summed E-state index contributed by atoms with van der Waals surface area (Å²) in [5.74, 6) is 0. The van der Waals surface area contributed by atoms with Gasteiger partial charge in [-0.3, -0.25) is 4.18 Å². The van der Waals surface area contributed by atoms with Crippen LogP contribution in [0.15, 0.2) is 182 Å². The van der Waals surface area contributed by atoms with E-state index in [4.69, 9.17) is 157 Å². The third-order valence-electron chi connectivity index (χ3n) is 19.4. The van der Waals surface area contributed by atoms with Gasteiger partial charge >= 0.3 is 0 Å². The topological polar surface area (TPSA) is 359 Å². The molecule has 140 heavy (non-hydrogen) atoms. The molecule has 0 aromatic heterocycles. The van der Waals surface area contributed by atoms with Crippen molar-refractivity contribution in [1.82, 2.24) is 0 Å². The van der Waals surface area contributed by atoms with Crippen LogP contribution in [-0.2, 0) is 177 Å². The molecular weight excluding hydrogens is 1850 g/mol. The third-order valence-corrected chi connectivity index (χ3v) is 19.9. The molecule has 0 fully saturated rings. The number of benzene rings is 6. The highest BCUT2D eigenvalue weighted by Crippen LogP contribution is 2.42. The second kappa shape index (κ2) is 93.9. The predicted molar refractivity (Wildman–Crippen MR) is 523 cm³/mol. The summed E-state index contributed by atoms with van der Waals surface area (Å²) in [5, 5.41) is 8.61. The molecule has 6 aromatic carbocycles. The van der Waals surface area contributed by atoms with E-state index in [1.807, 2.05) is 109 Å². The number of hydrogen-bond acceptors (Lipinski definition) is 36. The molecule has 0 heterocycles. The van der Waals surface area contributed by atoms with Crippen LogP contribution in [0.25, 0.3) is 0 Å². The summed E-state index contributed by atoms with van der Waals surface area (Å²) < 4.78 is 205. The van der Waals surface area contributed by atoms with E-state index in [9.17, 15) is 8.42 Å². The standard InChI is InChI=1S/C52H82O19S.C51H80O17/c1-72(53,54)71-48-46-69-44-42-67-40-38-65-36-34-63-32-30-61-28-26-59-24-22-57-20-18-55-17-19-56-21-23-58-25-27-60-29-31-62-33-35-64-37-39-66-41-43-68-45-47-70-52(49-11-5-2-6-12-49,50-13-7-3-8-14-50)51-15-9-4-10-16-51;52-16-17-53-18-19-54-20-21-55-22-23-56-24-25-57-26-27-58-28-29-59-30-31-60-32-33-61-34-35-62-36-37-63-38-39-64-40-41-65-42-43-66-44-45-67-46-47-68-51(48-10-4-1-5-11-48,49-12-6-2-7-13-49)50-14-8-3-9-15-50/h2-16H,17-48H2,1H3;1-15,52H,16-47H2. The summed E-state index contributed by atoms with van der Waals surface area (Å²) in [6, 6.07) is 61.9. The van der Waals surface area contributed by atoms with E-state index in [-0.39, 0.29) is 19.8 Å². The fourth-order valence-corrected chi connectivity index (χ4v) is 13.1. The first-order valence-electron chi connectivity index (χ1n) is 48.8. The molecule has 0 atom stereocenters. The van der Waals surface area contributed by atoms with Gasteiger partial charge in [-0.05, 0) is 33.4 Å². The number of ether oxygens (including phenoxy) is 32. The van der Waals surface area contributed by atoms with E-state index in [0.717, 1.165) is 39.6 Å². The molecule has 0 aliphatic carbocycles. The summed E-state index contributed by atoms with van der Waals surface area (Å²) in [6.45, 7) is 28.9. The van der Waals surface area contributed by atoms with Crippen molar-refractivity contribution in [2.75, 3.05) is 429 Å². The minimum Gasteiger partial charge on any atom is -0.394 e. The summed E-state index contributed by atoms with van der Waals surface area (Å²) >= 11 is 0. The SMILES string of the molecule is CS(=O)(=O)OCCOCCOCCOCCOCCOCCOCCOCCOCCOCCOCCOCCOCCOCCOCCOCCOC(c1ccccc1)(c1ccccc1)c1ccccc1.OCCOCCOCCOCCOCCOCCOCCOCCOCCOCCOCCOCCOCCOCCOCCOCCOC(c1ccccc1)(c1ccccc1)c1ccccc1. The minimum absolute atomic E-state index is 0.00890. The van der Waals surface area contributed by atoms with Crippen LogP contribution in [0.3, 0.4) is 0 Å². The molecule has 1 N–H and O–H groups in total. The summed E-state index contributed by atoms with van der Waals surface area (Å²) in [5.41, 5.74) is 4.85.